The molecule has 2 N–H and O–H groups in total. The number of nitrogens with one attached hydrogen (secondary N) is 1. The molecule has 196 valence electrons. The van der Waals surface area contributed by atoms with E-state index in [9.17, 15) is 34.9 Å². The SMILES string of the molecule is Cc1cc([N+](=O)[O-])cc2c(N=NC(=O)/C(=C\c3ccc([N+](=O)[O-])cc3)NC(=O)c3ccccc3)c(O)n(C)c12. The number of nitro groups is 2. The van der Waals surface area contributed by atoms with Crippen molar-refractivity contribution in [2.45, 2.75) is 6.92 Å². The van der Waals surface area contributed by atoms with Gasteiger partial charge in [0.1, 0.15) is 5.70 Å². The van der Waals surface area contributed by atoms with E-state index >= 15 is 0 Å². The molecular weight excluding hydrogens is 508 g/mol. The molecule has 0 fully saturated rings. The van der Waals surface area contributed by atoms with Crippen LogP contribution in [0.15, 0.2) is 82.7 Å². The highest BCUT2D eigenvalue weighted by molar-refractivity contribution is 6.06. The standard InChI is InChI=1S/C26H20N6O7/c1-15-12-19(32(38)39)14-20-22(26(35)30(2)23(15)20)28-29-25(34)21(27-24(33)17-6-4-3-5-7-17)13-16-8-10-18(11-9-16)31(36)37/h3-14,35H,1-2H3,(H,27,33)/b21-13+,29-28?. The average Bonchev–Trinajstić information content (AvgIpc) is 3.16. The van der Waals surface area contributed by atoms with Crippen LogP contribution in [0, 0.1) is 27.2 Å². The molecule has 1 aromatic heterocycles. The number of amides is 2. The molecule has 0 atom stereocenters. The van der Waals surface area contributed by atoms with Gasteiger partial charge in [-0.1, -0.05) is 18.2 Å². The maximum atomic E-state index is 13.1. The van der Waals surface area contributed by atoms with Crippen LogP contribution in [0.1, 0.15) is 21.5 Å². The zero-order valence-corrected chi connectivity index (χ0v) is 20.6. The van der Waals surface area contributed by atoms with Crippen LogP contribution in [0.2, 0.25) is 0 Å². The summed E-state index contributed by atoms with van der Waals surface area (Å²) in [6.07, 6.45) is 1.27. The largest absolute Gasteiger partial charge is 0.493 e. The highest BCUT2D eigenvalue weighted by Gasteiger charge is 2.21. The van der Waals surface area contributed by atoms with E-state index in [1.54, 1.807) is 25.1 Å². The van der Waals surface area contributed by atoms with Gasteiger partial charge in [0.25, 0.3) is 17.3 Å². The van der Waals surface area contributed by atoms with Crippen molar-refractivity contribution < 1.29 is 24.5 Å². The van der Waals surface area contributed by atoms with Crippen LogP contribution >= 0.6 is 0 Å². The summed E-state index contributed by atoms with van der Waals surface area (Å²) in [5.74, 6) is -2.00. The third kappa shape index (κ3) is 5.51. The molecule has 0 saturated carbocycles. The lowest BCUT2D eigenvalue weighted by Crippen LogP contribution is -2.26. The second-order valence-electron chi connectivity index (χ2n) is 8.38. The Bertz CT molecular complexity index is 1690. The number of azo groups is 1. The number of aryl methyl sites for hydroxylation is 2. The summed E-state index contributed by atoms with van der Waals surface area (Å²) in [5, 5.41) is 43.1. The second kappa shape index (κ2) is 10.7. The first-order valence-corrected chi connectivity index (χ1v) is 11.3. The molecule has 0 unspecified atom stereocenters. The quantitative estimate of drug-likeness (QED) is 0.145. The molecule has 0 aliphatic rings. The zero-order valence-electron chi connectivity index (χ0n) is 20.6. The van der Waals surface area contributed by atoms with Crippen LogP contribution in [-0.4, -0.2) is 31.3 Å². The van der Waals surface area contributed by atoms with Gasteiger partial charge in [0.2, 0.25) is 5.88 Å². The Labute approximate surface area is 220 Å². The van der Waals surface area contributed by atoms with E-state index in [-0.39, 0.29) is 39.6 Å². The van der Waals surface area contributed by atoms with Crippen molar-refractivity contribution in [2.75, 3.05) is 0 Å². The average molecular weight is 528 g/mol. The molecular formula is C26H20N6O7. The minimum absolute atomic E-state index is 0.163. The second-order valence-corrected chi connectivity index (χ2v) is 8.38. The van der Waals surface area contributed by atoms with Gasteiger partial charge in [-0.25, -0.2) is 0 Å². The summed E-state index contributed by atoms with van der Waals surface area (Å²) >= 11 is 0. The molecule has 3 aromatic carbocycles. The van der Waals surface area contributed by atoms with Crippen LogP contribution in [0.3, 0.4) is 0 Å². The predicted molar refractivity (Wildman–Crippen MR) is 140 cm³/mol. The van der Waals surface area contributed by atoms with Crippen LogP contribution in [-0.2, 0) is 11.8 Å². The van der Waals surface area contributed by atoms with Crippen molar-refractivity contribution in [1.29, 1.82) is 0 Å². The smallest absolute Gasteiger partial charge is 0.311 e. The van der Waals surface area contributed by atoms with E-state index in [0.29, 0.717) is 16.6 Å². The van der Waals surface area contributed by atoms with Crippen LogP contribution < -0.4 is 5.32 Å². The number of aromatic hydroxyl groups is 1. The summed E-state index contributed by atoms with van der Waals surface area (Å²) in [5.41, 5.74) is 0.696. The highest BCUT2D eigenvalue weighted by atomic mass is 16.6. The normalized spacial score (nSPS) is 11.6. The van der Waals surface area contributed by atoms with E-state index in [1.807, 2.05) is 0 Å². The van der Waals surface area contributed by atoms with Gasteiger partial charge in [-0.15, -0.1) is 10.2 Å². The number of aromatic nitrogens is 1. The summed E-state index contributed by atoms with van der Waals surface area (Å²) in [6, 6.07) is 15.9. The summed E-state index contributed by atoms with van der Waals surface area (Å²) in [6.45, 7) is 1.63. The van der Waals surface area contributed by atoms with E-state index in [0.717, 1.165) is 0 Å². The topological polar surface area (TPSA) is 182 Å². The number of non-ortho nitro benzene ring substituents is 2. The molecule has 2 amide bonds. The molecule has 0 radical (unpaired) electrons. The maximum absolute atomic E-state index is 13.1. The number of carbonyl (C=O) groups is 2. The lowest BCUT2D eigenvalue weighted by atomic mass is 10.1. The molecule has 4 aromatic rings. The first-order valence-electron chi connectivity index (χ1n) is 11.3. The maximum Gasteiger partial charge on any atom is 0.311 e. The third-order valence-electron chi connectivity index (χ3n) is 5.79. The van der Waals surface area contributed by atoms with E-state index in [4.69, 9.17) is 0 Å². The van der Waals surface area contributed by atoms with Gasteiger partial charge in [-0.3, -0.25) is 29.8 Å². The summed E-state index contributed by atoms with van der Waals surface area (Å²) < 4.78 is 1.36. The number of nitro benzene ring substituents is 2. The van der Waals surface area contributed by atoms with Gasteiger partial charge in [0.15, 0.2) is 5.69 Å². The van der Waals surface area contributed by atoms with E-state index in [1.165, 1.54) is 66.2 Å². The summed E-state index contributed by atoms with van der Waals surface area (Å²) in [4.78, 5) is 47.0. The van der Waals surface area contributed by atoms with Crippen molar-refractivity contribution in [3.63, 3.8) is 0 Å². The Morgan fingerprint density at radius 1 is 0.974 bits per heavy atom. The Kier molecular flexibility index (Phi) is 7.24. The molecule has 0 spiro atoms. The summed E-state index contributed by atoms with van der Waals surface area (Å²) in [7, 11) is 1.53. The number of carbonyl (C=O) groups excluding carboxylic acids is 2. The molecule has 39 heavy (non-hydrogen) atoms. The van der Waals surface area contributed by atoms with Gasteiger partial charge in [-0.2, -0.15) is 0 Å². The van der Waals surface area contributed by atoms with Gasteiger partial charge in [0, 0.05) is 42.3 Å². The van der Waals surface area contributed by atoms with Crippen LogP contribution in [0.5, 0.6) is 5.88 Å². The molecule has 1 heterocycles. The lowest BCUT2D eigenvalue weighted by molar-refractivity contribution is -0.385. The third-order valence-corrected chi connectivity index (χ3v) is 5.79. The first kappa shape index (κ1) is 26.3. The fourth-order valence-electron chi connectivity index (χ4n) is 3.92. The molecule has 13 heteroatoms. The number of nitrogens with zero attached hydrogens (tertiary/aromatic N) is 5. The van der Waals surface area contributed by atoms with Crippen LogP contribution in [0.4, 0.5) is 17.1 Å². The minimum atomic E-state index is -1.00. The minimum Gasteiger partial charge on any atom is -0.493 e. The zero-order chi connectivity index (χ0) is 28.3. The first-order chi connectivity index (χ1) is 18.6. The molecule has 4 rings (SSSR count). The van der Waals surface area contributed by atoms with Crippen LogP contribution in [0.25, 0.3) is 17.0 Å². The molecule has 0 saturated heterocycles. The highest BCUT2D eigenvalue weighted by Crippen LogP contribution is 2.41. The van der Waals surface area contributed by atoms with Gasteiger partial charge < -0.3 is 15.0 Å². The molecule has 13 nitrogen and oxygen atoms in total. The number of hydrogen-bond acceptors (Lipinski definition) is 8. The van der Waals surface area contributed by atoms with E-state index in [2.05, 4.69) is 15.5 Å². The Balaban J connectivity index is 1.74. The fraction of sp³-hybridized carbons (Fsp3) is 0.0769. The predicted octanol–water partition coefficient (Wildman–Crippen LogP) is 5.09. The van der Waals surface area contributed by atoms with Gasteiger partial charge in [-0.05, 0) is 48.4 Å². The van der Waals surface area contributed by atoms with Gasteiger partial charge >= 0.3 is 5.91 Å². The number of benzene rings is 3. The fourth-order valence-corrected chi connectivity index (χ4v) is 3.92. The van der Waals surface area contributed by atoms with E-state index < -0.39 is 21.7 Å². The molecule has 0 aliphatic carbocycles. The Morgan fingerprint density at radius 2 is 1.62 bits per heavy atom. The molecule has 0 aliphatic heterocycles. The number of rotatable bonds is 7. The number of hydrogen-bond donors (Lipinski definition) is 2. The molecule has 0 bridgehead atoms. The Hall–Kier alpha value is -5.72. The van der Waals surface area contributed by atoms with Crippen molar-refractivity contribution in [1.82, 2.24) is 9.88 Å². The lowest BCUT2D eigenvalue weighted by Gasteiger charge is -2.07. The van der Waals surface area contributed by atoms with Gasteiger partial charge in [0.05, 0.1) is 15.4 Å². The van der Waals surface area contributed by atoms with Crippen molar-refractivity contribution in [2.24, 2.45) is 17.3 Å². The van der Waals surface area contributed by atoms with Crippen molar-refractivity contribution >= 4 is 45.9 Å². The monoisotopic (exact) mass is 528 g/mol. The van der Waals surface area contributed by atoms with Crippen molar-refractivity contribution in [3.8, 4) is 5.88 Å². The number of fused-ring (bicyclic) bond motifs is 1. The van der Waals surface area contributed by atoms with Crippen molar-refractivity contribution in [3.05, 3.63) is 109 Å². The Morgan fingerprint density at radius 3 is 2.23 bits per heavy atom.